The summed E-state index contributed by atoms with van der Waals surface area (Å²) in [5.41, 5.74) is 9.00. The van der Waals surface area contributed by atoms with E-state index in [1.54, 1.807) is 0 Å². The molecule has 100 valence electrons. The van der Waals surface area contributed by atoms with E-state index in [-0.39, 0.29) is 0 Å². The summed E-state index contributed by atoms with van der Waals surface area (Å²) >= 11 is 0. The Labute approximate surface area is 111 Å². The molecule has 0 bridgehead atoms. The maximum absolute atomic E-state index is 6.24. The van der Waals surface area contributed by atoms with Crippen LogP contribution in [0.2, 0.25) is 0 Å². The van der Waals surface area contributed by atoms with E-state index in [0.717, 1.165) is 31.6 Å². The molecule has 2 atom stereocenters. The zero-order chi connectivity index (χ0) is 13.0. The van der Waals surface area contributed by atoms with Crippen LogP contribution in [0.4, 0.5) is 0 Å². The zero-order valence-corrected chi connectivity index (χ0v) is 11.6. The van der Waals surface area contributed by atoms with E-state index in [0.29, 0.717) is 12.0 Å². The molecule has 0 saturated heterocycles. The van der Waals surface area contributed by atoms with Crippen molar-refractivity contribution in [1.82, 2.24) is 0 Å². The molecule has 18 heavy (non-hydrogen) atoms. The molecule has 0 spiro atoms. The molecule has 0 radical (unpaired) electrons. The third kappa shape index (κ3) is 3.26. The highest BCUT2D eigenvalue weighted by Gasteiger charge is 2.14. The normalized spacial score (nSPS) is 17.1. The largest absolute Gasteiger partial charge is 0.493 e. The number of benzene rings is 1. The minimum Gasteiger partial charge on any atom is -0.493 e. The van der Waals surface area contributed by atoms with Crippen LogP contribution in [0.25, 0.3) is 0 Å². The Hall–Kier alpha value is -1.02. The van der Waals surface area contributed by atoms with Crippen LogP contribution in [0.1, 0.15) is 44.2 Å². The molecule has 2 N–H and O–H groups in total. The average molecular weight is 247 g/mol. The summed E-state index contributed by atoms with van der Waals surface area (Å²) in [6.07, 6.45) is 5.69. The highest BCUT2D eigenvalue weighted by atomic mass is 16.5. The molecule has 0 fully saturated rings. The smallest absolute Gasteiger partial charge is 0.122 e. The quantitative estimate of drug-likeness (QED) is 0.837. The van der Waals surface area contributed by atoms with Gasteiger partial charge in [0.2, 0.25) is 0 Å². The summed E-state index contributed by atoms with van der Waals surface area (Å²) in [7, 11) is 0. The van der Waals surface area contributed by atoms with Crippen LogP contribution >= 0.6 is 0 Å². The number of rotatable bonds is 6. The van der Waals surface area contributed by atoms with Gasteiger partial charge in [0.05, 0.1) is 6.61 Å². The third-order valence-electron chi connectivity index (χ3n) is 4.00. The number of nitrogens with two attached hydrogens (primary N) is 1. The van der Waals surface area contributed by atoms with E-state index in [1.807, 2.05) is 0 Å². The van der Waals surface area contributed by atoms with Crippen molar-refractivity contribution in [2.45, 2.75) is 52.0 Å². The SMILES string of the molecule is CCCC(C)C(N)CCc1ccc2c(c1)CCO2. The van der Waals surface area contributed by atoms with Crippen LogP contribution in [0.5, 0.6) is 5.75 Å². The molecule has 1 aromatic carbocycles. The van der Waals surface area contributed by atoms with Crippen LogP contribution in [0.15, 0.2) is 18.2 Å². The maximum Gasteiger partial charge on any atom is 0.122 e. The third-order valence-corrected chi connectivity index (χ3v) is 4.00. The molecule has 0 aromatic heterocycles. The number of fused-ring (bicyclic) bond motifs is 1. The first-order chi connectivity index (χ1) is 8.70. The molecule has 1 aliphatic rings. The molecule has 2 rings (SSSR count). The Balaban J connectivity index is 1.86. The van der Waals surface area contributed by atoms with Crippen LogP contribution in [-0.2, 0) is 12.8 Å². The van der Waals surface area contributed by atoms with Gasteiger partial charge in [-0.25, -0.2) is 0 Å². The summed E-state index contributed by atoms with van der Waals surface area (Å²) in [6, 6.07) is 6.91. The summed E-state index contributed by atoms with van der Waals surface area (Å²) in [5, 5.41) is 0. The molecule has 2 heteroatoms. The molecule has 0 saturated carbocycles. The topological polar surface area (TPSA) is 35.2 Å². The first-order valence-electron chi connectivity index (χ1n) is 7.21. The predicted molar refractivity (Wildman–Crippen MR) is 76.0 cm³/mol. The van der Waals surface area contributed by atoms with Crippen molar-refractivity contribution in [3.63, 3.8) is 0 Å². The zero-order valence-electron chi connectivity index (χ0n) is 11.6. The molecule has 1 heterocycles. The van der Waals surface area contributed by atoms with Gasteiger partial charge in [0, 0.05) is 12.5 Å². The van der Waals surface area contributed by atoms with Gasteiger partial charge in [0.25, 0.3) is 0 Å². The number of ether oxygens (including phenoxy) is 1. The predicted octanol–water partition coefficient (Wildman–Crippen LogP) is 3.32. The fraction of sp³-hybridized carbons (Fsp3) is 0.625. The van der Waals surface area contributed by atoms with Crippen molar-refractivity contribution < 1.29 is 4.74 Å². The van der Waals surface area contributed by atoms with E-state index < -0.39 is 0 Å². The Morgan fingerprint density at radius 3 is 2.94 bits per heavy atom. The molecule has 0 amide bonds. The van der Waals surface area contributed by atoms with Gasteiger partial charge >= 0.3 is 0 Å². The van der Waals surface area contributed by atoms with Crippen molar-refractivity contribution in [1.29, 1.82) is 0 Å². The second kappa shape index (κ2) is 6.24. The monoisotopic (exact) mass is 247 g/mol. The van der Waals surface area contributed by atoms with Crippen LogP contribution < -0.4 is 10.5 Å². The van der Waals surface area contributed by atoms with Gasteiger partial charge in [-0.2, -0.15) is 0 Å². The van der Waals surface area contributed by atoms with E-state index in [1.165, 1.54) is 24.0 Å². The van der Waals surface area contributed by atoms with Gasteiger partial charge < -0.3 is 10.5 Å². The molecule has 2 unspecified atom stereocenters. The van der Waals surface area contributed by atoms with E-state index in [9.17, 15) is 0 Å². The van der Waals surface area contributed by atoms with Crippen LogP contribution in [-0.4, -0.2) is 12.6 Å². The molecular formula is C16H25NO. The van der Waals surface area contributed by atoms with Gasteiger partial charge in [-0.05, 0) is 42.4 Å². The lowest BCUT2D eigenvalue weighted by molar-refractivity contribution is 0.357. The van der Waals surface area contributed by atoms with E-state index >= 15 is 0 Å². The average Bonchev–Trinajstić information content (AvgIpc) is 2.83. The van der Waals surface area contributed by atoms with Crippen LogP contribution in [0, 0.1) is 5.92 Å². The van der Waals surface area contributed by atoms with Gasteiger partial charge in [-0.15, -0.1) is 0 Å². The number of aryl methyl sites for hydroxylation is 1. The molecule has 1 aromatic rings. The Morgan fingerprint density at radius 2 is 2.17 bits per heavy atom. The van der Waals surface area contributed by atoms with Crippen molar-refractivity contribution in [3.05, 3.63) is 29.3 Å². The summed E-state index contributed by atoms with van der Waals surface area (Å²) < 4.78 is 5.52. The minimum atomic E-state index is 0.328. The first kappa shape index (κ1) is 13.4. The van der Waals surface area contributed by atoms with Gasteiger partial charge in [-0.3, -0.25) is 0 Å². The lowest BCUT2D eigenvalue weighted by atomic mass is 9.92. The first-order valence-corrected chi connectivity index (χ1v) is 7.21. The number of hydrogen-bond donors (Lipinski definition) is 1. The Morgan fingerprint density at radius 1 is 1.33 bits per heavy atom. The van der Waals surface area contributed by atoms with Crippen molar-refractivity contribution in [2.24, 2.45) is 11.7 Å². The standard InChI is InChI=1S/C16H25NO/c1-3-4-12(2)15(17)7-5-13-6-8-16-14(11-13)9-10-18-16/h6,8,11-12,15H,3-5,7,9-10,17H2,1-2H3. The van der Waals surface area contributed by atoms with Crippen molar-refractivity contribution in [3.8, 4) is 5.75 Å². The van der Waals surface area contributed by atoms with E-state index in [4.69, 9.17) is 10.5 Å². The lowest BCUT2D eigenvalue weighted by Crippen LogP contribution is -2.28. The molecule has 2 nitrogen and oxygen atoms in total. The highest BCUT2D eigenvalue weighted by Crippen LogP contribution is 2.26. The van der Waals surface area contributed by atoms with Gasteiger partial charge in [0.1, 0.15) is 5.75 Å². The van der Waals surface area contributed by atoms with Crippen molar-refractivity contribution in [2.75, 3.05) is 6.61 Å². The molecule has 0 aliphatic carbocycles. The summed E-state index contributed by atoms with van der Waals surface area (Å²) in [5.74, 6) is 1.70. The Bertz CT molecular complexity index is 389. The Kier molecular flexibility index (Phi) is 4.65. The summed E-state index contributed by atoms with van der Waals surface area (Å²) in [4.78, 5) is 0. The molecule has 1 aliphatic heterocycles. The molecular weight excluding hydrogens is 222 g/mol. The second-order valence-corrected chi connectivity index (χ2v) is 5.51. The van der Waals surface area contributed by atoms with Gasteiger partial charge in [-0.1, -0.05) is 32.4 Å². The fourth-order valence-electron chi connectivity index (χ4n) is 2.68. The maximum atomic E-state index is 6.24. The minimum absolute atomic E-state index is 0.328. The highest BCUT2D eigenvalue weighted by molar-refractivity contribution is 5.39. The van der Waals surface area contributed by atoms with Gasteiger partial charge in [0.15, 0.2) is 0 Å². The summed E-state index contributed by atoms with van der Waals surface area (Å²) in [6.45, 7) is 5.33. The van der Waals surface area contributed by atoms with Crippen LogP contribution in [0.3, 0.4) is 0 Å². The number of hydrogen-bond acceptors (Lipinski definition) is 2. The lowest BCUT2D eigenvalue weighted by Gasteiger charge is -2.19. The van der Waals surface area contributed by atoms with Crippen molar-refractivity contribution >= 4 is 0 Å². The van der Waals surface area contributed by atoms with E-state index in [2.05, 4.69) is 32.0 Å². The second-order valence-electron chi connectivity index (χ2n) is 5.51. The fourth-order valence-corrected chi connectivity index (χ4v) is 2.68.